The molecule has 2 aromatic carbocycles. The number of rotatable bonds is 2. The van der Waals surface area contributed by atoms with E-state index in [2.05, 4.69) is 74.5 Å². The van der Waals surface area contributed by atoms with E-state index in [4.69, 9.17) is 4.74 Å². The molecule has 1 heteroatoms. The monoisotopic (exact) mass is 302 g/mol. The average molecular weight is 302 g/mol. The summed E-state index contributed by atoms with van der Waals surface area (Å²) in [5.74, 6) is 1.38. The Morgan fingerprint density at radius 2 is 1.78 bits per heavy atom. The molecule has 0 saturated carbocycles. The van der Waals surface area contributed by atoms with E-state index < -0.39 is 0 Å². The predicted molar refractivity (Wildman–Crippen MR) is 95.9 cm³/mol. The zero-order valence-electron chi connectivity index (χ0n) is 14.0. The molecule has 0 fully saturated rings. The summed E-state index contributed by atoms with van der Waals surface area (Å²) in [4.78, 5) is 0. The fourth-order valence-electron chi connectivity index (χ4n) is 4.41. The maximum Gasteiger partial charge on any atom is 0.118 e. The van der Waals surface area contributed by atoms with Crippen molar-refractivity contribution in [3.63, 3.8) is 0 Å². The second-order valence-electron chi connectivity index (χ2n) is 6.70. The number of benzene rings is 2. The van der Waals surface area contributed by atoms with Crippen molar-refractivity contribution < 1.29 is 4.74 Å². The van der Waals surface area contributed by atoms with Gasteiger partial charge in [0.15, 0.2) is 0 Å². The normalized spacial score (nSPS) is 25.3. The van der Waals surface area contributed by atoms with Crippen LogP contribution < -0.4 is 4.74 Å². The lowest BCUT2D eigenvalue weighted by atomic mass is 9.60. The lowest BCUT2D eigenvalue weighted by Crippen LogP contribution is -2.34. The molecule has 23 heavy (non-hydrogen) atoms. The van der Waals surface area contributed by atoms with Gasteiger partial charge in [-0.15, -0.1) is 0 Å². The molecule has 0 aliphatic heterocycles. The lowest BCUT2D eigenvalue weighted by Gasteiger charge is -2.42. The predicted octanol–water partition coefficient (Wildman–Crippen LogP) is 5.48. The van der Waals surface area contributed by atoms with Crippen LogP contribution >= 0.6 is 0 Å². The zero-order chi connectivity index (χ0) is 16.0. The van der Waals surface area contributed by atoms with Crippen LogP contribution in [0.4, 0.5) is 0 Å². The molecular formula is C22H22O. The second-order valence-corrected chi connectivity index (χ2v) is 6.70. The molecular weight excluding hydrogens is 280 g/mol. The Balaban J connectivity index is 1.92. The Morgan fingerprint density at radius 3 is 2.52 bits per heavy atom. The van der Waals surface area contributed by atoms with E-state index in [9.17, 15) is 0 Å². The SMILES string of the molecule is COc1ccc(C23CC=C(C)C2=Cc2ccccc2C3C)cc1. The molecule has 2 aromatic rings. The molecule has 0 bridgehead atoms. The molecule has 4 rings (SSSR count). The van der Waals surface area contributed by atoms with Crippen molar-refractivity contribution in [2.75, 3.05) is 7.11 Å². The van der Waals surface area contributed by atoms with Crippen molar-refractivity contribution in [2.24, 2.45) is 0 Å². The molecule has 0 spiro atoms. The Labute approximate surface area is 138 Å². The molecule has 2 aliphatic rings. The number of hydrogen-bond acceptors (Lipinski definition) is 1. The third kappa shape index (κ3) is 1.92. The number of hydrogen-bond donors (Lipinski definition) is 0. The van der Waals surface area contributed by atoms with E-state index in [1.165, 1.54) is 27.8 Å². The maximum atomic E-state index is 5.34. The summed E-state index contributed by atoms with van der Waals surface area (Å²) in [6.07, 6.45) is 5.88. The fraction of sp³-hybridized carbons (Fsp3) is 0.273. The Morgan fingerprint density at radius 1 is 1.04 bits per heavy atom. The first-order valence-corrected chi connectivity index (χ1v) is 8.29. The molecule has 1 nitrogen and oxygen atoms in total. The maximum absolute atomic E-state index is 5.34. The molecule has 0 amide bonds. The van der Waals surface area contributed by atoms with Gasteiger partial charge in [0.05, 0.1) is 7.11 Å². The highest BCUT2D eigenvalue weighted by molar-refractivity contribution is 5.73. The number of ether oxygens (including phenoxy) is 1. The van der Waals surface area contributed by atoms with Crippen LogP contribution in [-0.4, -0.2) is 7.11 Å². The number of allylic oxidation sites excluding steroid dienone is 3. The fourth-order valence-corrected chi connectivity index (χ4v) is 4.41. The molecule has 0 radical (unpaired) electrons. The molecule has 2 aliphatic carbocycles. The van der Waals surface area contributed by atoms with Crippen molar-refractivity contribution >= 4 is 6.08 Å². The van der Waals surface area contributed by atoms with Gasteiger partial charge < -0.3 is 4.74 Å². The van der Waals surface area contributed by atoms with Gasteiger partial charge in [0.2, 0.25) is 0 Å². The van der Waals surface area contributed by atoms with E-state index in [0.29, 0.717) is 5.92 Å². The van der Waals surface area contributed by atoms with Crippen LogP contribution in [0.3, 0.4) is 0 Å². The smallest absolute Gasteiger partial charge is 0.118 e. The summed E-state index contributed by atoms with van der Waals surface area (Å²) >= 11 is 0. The Kier molecular flexibility index (Phi) is 3.19. The number of methoxy groups -OCH3 is 1. The van der Waals surface area contributed by atoms with Gasteiger partial charge in [-0.05, 0) is 53.7 Å². The second kappa shape index (κ2) is 5.13. The summed E-state index contributed by atoms with van der Waals surface area (Å²) in [5.41, 5.74) is 7.17. The average Bonchev–Trinajstić information content (AvgIpc) is 2.94. The first-order valence-electron chi connectivity index (χ1n) is 8.29. The first-order chi connectivity index (χ1) is 11.2. The van der Waals surface area contributed by atoms with E-state index >= 15 is 0 Å². The molecule has 116 valence electrons. The van der Waals surface area contributed by atoms with Gasteiger partial charge in [-0.1, -0.05) is 61.0 Å². The van der Waals surface area contributed by atoms with E-state index in [-0.39, 0.29) is 5.41 Å². The molecule has 0 aromatic heterocycles. The van der Waals surface area contributed by atoms with Crippen molar-refractivity contribution in [3.05, 3.63) is 82.4 Å². The van der Waals surface area contributed by atoms with E-state index in [1.54, 1.807) is 7.11 Å². The van der Waals surface area contributed by atoms with Crippen LogP contribution in [0, 0.1) is 0 Å². The minimum absolute atomic E-state index is 0.0602. The van der Waals surface area contributed by atoms with Crippen LogP contribution in [-0.2, 0) is 5.41 Å². The third-order valence-corrected chi connectivity index (χ3v) is 5.74. The van der Waals surface area contributed by atoms with Gasteiger partial charge in [-0.3, -0.25) is 0 Å². The zero-order valence-corrected chi connectivity index (χ0v) is 14.0. The van der Waals surface area contributed by atoms with Gasteiger partial charge in [-0.25, -0.2) is 0 Å². The van der Waals surface area contributed by atoms with E-state index in [0.717, 1.165) is 12.2 Å². The highest BCUT2D eigenvalue weighted by atomic mass is 16.5. The summed E-state index contributed by atoms with van der Waals surface area (Å²) < 4.78 is 5.34. The first kappa shape index (κ1) is 14.3. The topological polar surface area (TPSA) is 9.23 Å². The van der Waals surface area contributed by atoms with Crippen LogP contribution in [0.2, 0.25) is 0 Å². The summed E-state index contributed by atoms with van der Waals surface area (Å²) in [5, 5.41) is 0. The van der Waals surface area contributed by atoms with Gasteiger partial charge in [0.25, 0.3) is 0 Å². The standard InChI is InChI=1S/C22H22O/c1-15-12-13-22(18-8-10-19(23-3)11-9-18)16(2)20-7-5-4-6-17(20)14-21(15)22/h4-12,14,16H,13H2,1-3H3. The van der Waals surface area contributed by atoms with Crippen molar-refractivity contribution in [3.8, 4) is 5.75 Å². The molecule has 2 unspecified atom stereocenters. The van der Waals surface area contributed by atoms with Gasteiger partial charge in [0.1, 0.15) is 5.75 Å². The van der Waals surface area contributed by atoms with E-state index in [1.807, 2.05) is 0 Å². The highest BCUT2D eigenvalue weighted by Gasteiger charge is 2.47. The van der Waals surface area contributed by atoms with Crippen LogP contribution in [0.5, 0.6) is 5.75 Å². The molecule has 0 heterocycles. The Bertz CT molecular complexity index is 810. The van der Waals surface area contributed by atoms with Crippen LogP contribution in [0.1, 0.15) is 42.9 Å². The molecule has 2 atom stereocenters. The van der Waals surface area contributed by atoms with Crippen LogP contribution in [0.25, 0.3) is 6.08 Å². The minimum atomic E-state index is 0.0602. The molecule has 0 saturated heterocycles. The summed E-state index contributed by atoms with van der Waals surface area (Å²) in [6.45, 7) is 4.63. The van der Waals surface area contributed by atoms with Gasteiger partial charge in [0, 0.05) is 5.41 Å². The van der Waals surface area contributed by atoms with Crippen molar-refractivity contribution in [1.82, 2.24) is 0 Å². The highest BCUT2D eigenvalue weighted by Crippen LogP contribution is 2.57. The van der Waals surface area contributed by atoms with Crippen LogP contribution in [0.15, 0.2) is 65.8 Å². The number of fused-ring (bicyclic) bond motifs is 2. The summed E-state index contributed by atoms with van der Waals surface area (Å²) in [6, 6.07) is 17.5. The lowest BCUT2D eigenvalue weighted by molar-refractivity contribution is 0.412. The minimum Gasteiger partial charge on any atom is -0.497 e. The summed E-state index contributed by atoms with van der Waals surface area (Å²) in [7, 11) is 1.72. The Hall–Kier alpha value is -2.28. The quantitative estimate of drug-likeness (QED) is 0.713. The van der Waals surface area contributed by atoms with Crippen molar-refractivity contribution in [2.45, 2.75) is 31.6 Å². The third-order valence-electron chi connectivity index (χ3n) is 5.74. The van der Waals surface area contributed by atoms with Gasteiger partial charge >= 0.3 is 0 Å². The van der Waals surface area contributed by atoms with Gasteiger partial charge in [-0.2, -0.15) is 0 Å². The molecule has 0 N–H and O–H groups in total. The largest absolute Gasteiger partial charge is 0.497 e. The van der Waals surface area contributed by atoms with Crippen molar-refractivity contribution in [1.29, 1.82) is 0 Å².